The highest BCUT2D eigenvalue weighted by Gasteiger charge is 2.27. The Hall–Kier alpha value is -1.35. The lowest BCUT2D eigenvalue weighted by atomic mass is 9.87. The number of amides is 1. The number of hydrogen-bond donors (Lipinski definition) is 1. The number of nitrogens with one attached hydrogen (secondary N) is 1. The maximum Gasteiger partial charge on any atom is 0.251 e. The van der Waals surface area contributed by atoms with Crippen LogP contribution in [-0.2, 0) is 0 Å². The Morgan fingerprint density at radius 1 is 0.879 bits per heavy atom. The van der Waals surface area contributed by atoms with Gasteiger partial charge in [0.1, 0.15) is 0 Å². The minimum Gasteiger partial charge on any atom is -0.352 e. The molecular formula is C30H52N2O. The van der Waals surface area contributed by atoms with Crippen LogP contribution in [0.25, 0.3) is 0 Å². The van der Waals surface area contributed by atoms with E-state index in [0.717, 1.165) is 31.6 Å². The zero-order chi connectivity index (χ0) is 23.9. The molecule has 1 amide bonds. The summed E-state index contributed by atoms with van der Waals surface area (Å²) in [6.07, 6.45) is 18.5. The molecule has 1 heterocycles. The molecule has 1 fully saturated rings. The van der Waals surface area contributed by atoms with Crippen molar-refractivity contribution in [1.82, 2.24) is 10.2 Å². The van der Waals surface area contributed by atoms with Crippen LogP contribution in [0.1, 0.15) is 139 Å². The summed E-state index contributed by atoms with van der Waals surface area (Å²) >= 11 is 0. The molecule has 2 rings (SSSR count). The van der Waals surface area contributed by atoms with Crippen molar-refractivity contribution in [1.29, 1.82) is 0 Å². The van der Waals surface area contributed by atoms with E-state index in [2.05, 4.69) is 56.1 Å². The second-order valence-corrected chi connectivity index (χ2v) is 11.2. The first kappa shape index (κ1) is 27.9. The SMILES string of the molecule is CCCCCCCCCCCCCCNC(=O)c1cccc(C2CCN(C(C)(C)C)CC2)c1. The predicted molar refractivity (Wildman–Crippen MR) is 143 cm³/mol. The molecule has 3 nitrogen and oxygen atoms in total. The Morgan fingerprint density at radius 2 is 1.42 bits per heavy atom. The molecule has 0 atom stereocenters. The number of carbonyl (C=O) groups is 1. The average molecular weight is 457 g/mol. The van der Waals surface area contributed by atoms with Crippen molar-refractivity contribution >= 4 is 5.91 Å². The lowest BCUT2D eigenvalue weighted by molar-refractivity contribution is 0.0952. The fourth-order valence-corrected chi connectivity index (χ4v) is 5.09. The standard InChI is InChI=1S/C30H52N2O/c1-5-6-7-8-9-10-11-12-13-14-15-16-22-31-29(33)28-19-17-18-27(25-28)26-20-23-32(24-21-26)30(2,3)4/h17-19,25-26H,5-16,20-24H2,1-4H3,(H,31,33). The van der Waals surface area contributed by atoms with Gasteiger partial charge in [-0.25, -0.2) is 0 Å². The monoisotopic (exact) mass is 456 g/mol. The molecule has 0 unspecified atom stereocenters. The van der Waals surface area contributed by atoms with Gasteiger partial charge >= 0.3 is 0 Å². The van der Waals surface area contributed by atoms with Gasteiger partial charge in [-0.2, -0.15) is 0 Å². The lowest BCUT2D eigenvalue weighted by Gasteiger charge is -2.41. The molecule has 188 valence electrons. The van der Waals surface area contributed by atoms with Gasteiger partial charge in [0, 0.05) is 17.6 Å². The van der Waals surface area contributed by atoms with E-state index in [1.807, 2.05) is 6.07 Å². The molecule has 1 aromatic carbocycles. The second-order valence-electron chi connectivity index (χ2n) is 11.2. The third kappa shape index (κ3) is 11.1. The van der Waals surface area contributed by atoms with Gasteiger partial charge in [0.05, 0.1) is 0 Å². The van der Waals surface area contributed by atoms with Crippen molar-refractivity contribution in [2.75, 3.05) is 19.6 Å². The largest absolute Gasteiger partial charge is 0.352 e. The van der Waals surface area contributed by atoms with E-state index in [-0.39, 0.29) is 11.4 Å². The molecule has 33 heavy (non-hydrogen) atoms. The van der Waals surface area contributed by atoms with Crippen LogP contribution in [0.4, 0.5) is 0 Å². The normalized spacial score (nSPS) is 15.6. The number of likely N-dealkylation sites (tertiary alicyclic amines) is 1. The third-order valence-corrected chi connectivity index (χ3v) is 7.38. The van der Waals surface area contributed by atoms with Gasteiger partial charge in [-0.05, 0) is 76.7 Å². The molecular weight excluding hydrogens is 404 g/mol. The van der Waals surface area contributed by atoms with E-state index < -0.39 is 0 Å². The zero-order valence-electron chi connectivity index (χ0n) is 22.3. The Kier molecular flexibility index (Phi) is 13.1. The Balaban J connectivity index is 1.56. The van der Waals surface area contributed by atoms with Gasteiger partial charge < -0.3 is 5.32 Å². The topological polar surface area (TPSA) is 32.3 Å². The molecule has 0 aromatic heterocycles. The van der Waals surface area contributed by atoms with Crippen LogP contribution in [-0.4, -0.2) is 36.0 Å². The smallest absolute Gasteiger partial charge is 0.251 e. The van der Waals surface area contributed by atoms with Gasteiger partial charge in [-0.15, -0.1) is 0 Å². The van der Waals surface area contributed by atoms with Crippen molar-refractivity contribution in [3.8, 4) is 0 Å². The molecule has 3 heteroatoms. The predicted octanol–water partition coefficient (Wildman–Crippen LogP) is 8.10. The van der Waals surface area contributed by atoms with Crippen LogP contribution >= 0.6 is 0 Å². The highest BCUT2D eigenvalue weighted by Crippen LogP contribution is 2.31. The fourth-order valence-electron chi connectivity index (χ4n) is 5.09. The van der Waals surface area contributed by atoms with E-state index in [1.165, 1.54) is 89.0 Å². The van der Waals surface area contributed by atoms with E-state index in [4.69, 9.17) is 0 Å². The van der Waals surface area contributed by atoms with Crippen LogP contribution in [0.3, 0.4) is 0 Å². The lowest BCUT2D eigenvalue weighted by Crippen LogP contribution is -2.45. The summed E-state index contributed by atoms with van der Waals surface area (Å²) in [7, 11) is 0. The minimum atomic E-state index is 0.0899. The Morgan fingerprint density at radius 3 is 1.97 bits per heavy atom. The van der Waals surface area contributed by atoms with E-state index in [1.54, 1.807) is 0 Å². The van der Waals surface area contributed by atoms with Gasteiger partial charge in [0.2, 0.25) is 0 Å². The second kappa shape index (κ2) is 15.5. The van der Waals surface area contributed by atoms with Gasteiger partial charge in [0.25, 0.3) is 5.91 Å². The summed E-state index contributed by atoms with van der Waals surface area (Å²) in [4.78, 5) is 15.2. The first-order valence-electron chi connectivity index (χ1n) is 14.0. The fraction of sp³-hybridized carbons (Fsp3) is 0.767. The molecule has 0 saturated carbocycles. The molecule has 1 N–H and O–H groups in total. The van der Waals surface area contributed by atoms with Crippen LogP contribution in [0.5, 0.6) is 0 Å². The Labute approximate surface area is 205 Å². The number of unbranched alkanes of at least 4 members (excludes halogenated alkanes) is 11. The summed E-state index contributed by atoms with van der Waals surface area (Å²) in [5, 5.41) is 3.14. The molecule has 0 bridgehead atoms. The van der Waals surface area contributed by atoms with Crippen LogP contribution < -0.4 is 5.32 Å². The van der Waals surface area contributed by atoms with Crippen LogP contribution in [0.15, 0.2) is 24.3 Å². The molecule has 1 aliphatic rings. The average Bonchev–Trinajstić information content (AvgIpc) is 2.81. The van der Waals surface area contributed by atoms with E-state index in [0.29, 0.717) is 5.92 Å². The van der Waals surface area contributed by atoms with Crippen molar-refractivity contribution in [2.24, 2.45) is 0 Å². The summed E-state index contributed by atoms with van der Waals surface area (Å²) in [6.45, 7) is 12.3. The first-order valence-corrected chi connectivity index (χ1v) is 14.0. The molecule has 0 spiro atoms. The summed E-state index contributed by atoms with van der Waals surface area (Å²) in [6, 6.07) is 8.37. The van der Waals surface area contributed by atoms with Gasteiger partial charge in [0.15, 0.2) is 0 Å². The third-order valence-electron chi connectivity index (χ3n) is 7.38. The summed E-state index contributed by atoms with van der Waals surface area (Å²) < 4.78 is 0. The Bertz CT molecular complexity index is 656. The highest BCUT2D eigenvalue weighted by atomic mass is 16.1. The van der Waals surface area contributed by atoms with Crippen molar-refractivity contribution in [2.45, 2.75) is 129 Å². The number of rotatable bonds is 15. The molecule has 1 aromatic rings. The maximum absolute atomic E-state index is 12.6. The van der Waals surface area contributed by atoms with Gasteiger partial charge in [-0.1, -0.05) is 89.7 Å². The molecule has 1 aliphatic heterocycles. The summed E-state index contributed by atoms with van der Waals surface area (Å²) in [5.41, 5.74) is 2.41. The summed E-state index contributed by atoms with van der Waals surface area (Å²) in [5.74, 6) is 0.666. The number of benzene rings is 1. The molecule has 1 saturated heterocycles. The number of nitrogens with zero attached hydrogens (tertiary/aromatic N) is 1. The number of piperidine rings is 1. The zero-order valence-corrected chi connectivity index (χ0v) is 22.3. The van der Waals surface area contributed by atoms with Crippen LogP contribution in [0, 0.1) is 0 Å². The highest BCUT2D eigenvalue weighted by molar-refractivity contribution is 5.94. The van der Waals surface area contributed by atoms with Crippen molar-refractivity contribution in [3.05, 3.63) is 35.4 Å². The quantitative estimate of drug-likeness (QED) is 0.270. The minimum absolute atomic E-state index is 0.0899. The number of hydrogen-bond acceptors (Lipinski definition) is 2. The maximum atomic E-state index is 12.6. The van der Waals surface area contributed by atoms with E-state index in [9.17, 15) is 4.79 Å². The van der Waals surface area contributed by atoms with Crippen molar-refractivity contribution < 1.29 is 4.79 Å². The first-order chi connectivity index (χ1) is 15.9. The van der Waals surface area contributed by atoms with Crippen molar-refractivity contribution in [3.63, 3.8) is 0 Å². The number of carbonyl (C=O) groups excluding carboxylic acids is 1. The van der Waals surface area contributed by atoms with Crippen LogP contribution in [0.2, 0.25) is 0 Å². The molecule has 0 aliphatic carbocycles. The molecule has 0 radical (unpaired) electrons. The van der Waals surface area contributed by atoms with E-state index >= 15 is 0 Å². The van der Waals surface area contributed by atoms with Gasteiger partial charge in [-0.3, -0.25) is 9.69 Å².